The first-order valence-corrected chi connectivity index (χ1v) is 5.47. The minimum atomic E-state index is -2.55. The first kappa shape index (κ1) is 14.9. The van der Waals surface area contributed by atoms with Crippen LogP contribution >= 0.6 is 0 Å². The molecule has 0 aliphatic rings. The van der Waals surface area contributed by atoms with Gasteiger partial charge in [0.25, 0.3) is 6.43 Å². The Hall–Kier alpha value is -1.14. The van der Waals surface area contributed by atoms with E-state index < -0.39 is 30.8 Å². The predicted octanol–water partition coefficient (Wildman–Crippen LogP) is 2.54. The zero-order valence-electron chi connectivity index (χ0n) is 9.58. The first-order valence-electron chi connectivity index (χ1n) is 5.47. The van der Waals surface area contributed by atoms with E-state index in [9.17, 15) is 22.7 Å². The largest absolute Gasteiger partial charge is 0.393 e. The molecule has 18 heavy (non-hydrogen) atoms. The lowest BCUT2D eigenvalue weighted by molar-refractivity contribution is 0.00504. The Kier molecular flexibility index (Phi) is 6.07. The molecule has 0 aromatic heterocycles. The van der Waals surface area contributed by atoms with Crippen LogP contribution in [0.4, 0.5) is 17.6 Å². The second kappa shape index (κ2) is 7.33. The van der Waals surface area contributed by atoms with Crippen LogP contribution in [0.25, 0.3) is 0 Å². The van der Waals surface area contributed by atoms with Gasteiger partial charge in [0.05, 0.1) is 6.10 Å². The highest BCUT2D eigenvalue weighted by Gasteiger charge is 2.12. The normalized spacial score (nSPS) is 13.0. The summed E-state index contributed by atoms with van der Waals surface area (Å²) in [5, 5.41) is 9.53. The molecule has 102 valence electrons. The van der Waals surface area contributed by atoms with Gasteiger partial charge in [0.2, 0.25) is 0 Å². The van der Waals surface area contributed by atoms with Gasteiger partial charge in [0, 0.05) is 13.0 Å². The van der Waals surface area contributed by atoms with E-state index in [4.69, 9.17) is 0 Å². The third-order valence-corrected chi connectivity index (χ3v) is 2.33. The Morgan fingerprint density at radius 3 is 2.61 bits per heavy atom. The molecule has 1 aromatic carbocycles. The molecule has 0 radical (unpaired) electrons. The van der Waals surface area contributed by atoms with Crippen LogP contribution in [0.3, 0.4) is 0 Å². The molecular formula is C12H14F4O2. The number of rotatable bonds is 7. The lowest BCUT2D eigenvalue weighted by atomic mass is 10.1. The molecule has 0 aliphatic heterocycles. The molecule has 1 aromatic rings. The van der Waals surface area contributed by atoms with Gasteiger partial charge in [-0.2, -0.15) is 0 Å². The van der Waals surface area contributed by atoms with Gasteiger partial charge in [-0.25, -0.2) is 17.6 Å². The van der Waals surface area contributed by atoms with Crippen LogP contribution in [0.15, 0.2) is 18.2 Å². The van der Waals surface area contributed by atoms with Crippen molar-refractivity contribution >= 4 is 0 Å². The van der Waals surface area contributed by atoms with Crippen molar-refractivity contribution in [1.82, 2.24) is 0 Å². The fourth-order valence-electron chi connectivity index (χ4n) is 1.45. The molecule has 0 spiro atoms. The van der Waals surface area contributed by atoms with Gasteiger partial charge >= 0.3 is 0 Å². The minimum absolute atomic E-state index is 0.0522. The third-order valence-electron chi connectivity index (χ3n) is 2.33. The maximum atomic E-state index is 13.2. The quantitative estimate of drug-likeness (QED) is 0.607. The van der Waals surface area contributed by atoms with E-state index in [0.717, 1.165) is 6.07 Å². The smallest absolute Gasteiger partial charge is 0.261 e. The number of alkyl halides is 2. The summed E-state index contributed by atoms with van der Waals surface area (Å²) >= 11 is 0. The van der Waals surface area contributed by atoms with Crippen LogP contribution in [-0.2, 0) is 11.2 Å². The second-order valence-electron chi connectivity index (χ2n) is 3.83. The van der Waals surface area contributed by atoms with Gasteiger partial charge in [-0.15, -0.1) is 0 Å². The van der Waals surface area contributed by atoms with Crippen LogP contribution in [0.1, 0.15) is 12.0 Å². The number of aliphatic hydroxyl groups excluding tert-OH is 1. The Balaban J connectivity index is 2.35. The highest BCUT2D eigenvalue weighted by Crippen LogP contribution is 2.14. The molecule has 1 rings (SSSR count). The first-order chi connectivity index (χ1) is 8.50. The van der Waals surface area contributed by atoms with Crippen molar-refractivity contribution < 1.29 is 27.4 Å². The monoisotopic (exact) mass is 266 g/mol. The average molecular weight is 266 g/mol. The molecule has 2 nitrogen and oxygen atoms in total. The van der Waals surface area contributed by atoms with E-state index in [-0.39, 0.29) is 25.0 Å². The van der Waals surface area contributed by atoms with Crippen molar-refractivity contribution in [2.75, 3.05) is 13.2 Å². The van der Waals surface area contributed by atoms with Gasteiger partial charge in [-0.3, -0.25) is 0 Å². The Morgan fingerprint density at radius 1 is 1.22 bits per heavy atom. The number of ether oxygens (including phenoxy) is 1. The highest BCUT2D eigenvalue weighted by molar-refractivity contribution is 5.19. The molecule has 0 fully saturated rings. The number of halogens is 4. The van der Waals surface area contributed by atoms with Crippen molar-refractivity contribution in [3.63, 3.8) is 0 Å². The van der Waals surface area contributed by atoms with Crippen molar-refractivity contribution in [1.29, 1.82) is 0 Å². The molecule has 0 heterocycles. The molecule has 1 N–H and O–H groups in total. The summed E-state index contributed by atoms with van der Waals surface area (Å²) in [5.41, 5.74) is 0.0522. The van der Waals surface area contributed by atoms with Gasteiger partial charge in [-0.1, -0.05) is 12.1 Å². The van der Waals surface area contributed by atoms with Crippen LogP contribution in [0.5, 0.6) is 0 Å². The summed E-state index contributed by atoms with van der Waals surface area (Å²) in [6.45, 7) is -0.747. The molecule has 0 saturated carbocycles. The van der Waals surface area contributed by atoms with Crippen molar-refractivity contribution in [2.24, 2.45) is 0 Å². The van der Waals surface area contributed by atoms with Crippen molar-refractivity contribution in [3.8, 4) is 0 Å². The molecule has 0 saturated heterocycles. The Morgan fingerprint density at radius 2 is 1.94 bits per heavy atom. The summed E-state index contributed by atoms with van der Waals surface area (Å²) in [6.07, 6.45) is -3.51. The van der Waals surface area contributed by atoms with Gasteiger partial charge in [0.1, 0.15) is 6.61 Å². The lowest BCUT2D eigenvalue weighted by Gasteiger charge is -2.11. The number of benzene rings is 1. The topological polar surface area (TPSA) is 29.5 Å². The maximum absolute atomic E-state index is 13.2. The van der Waals surface area contributed by atoms with E-state index in [1.807, 2.05) is 0 Å². The molecular weight excluding hydrogens is 252 g/mol. The Bertz CT molecular complexity index is 371. The molecule has 0 amide bonds. The fourth-order valence-corrected chi connectivity index (χ4v) is 1.45. The van der Waals surface area contributed by atoms with Gasteiger partial charge in [-0.05, 0) is 18.1 Å². The third kappa shape index (κ3) is 5.01. The van der Waals surface area contributed by atoms with E-state index >= 15 is 0 Å². The van der Waals surface area contributed by atoms with E-state index in [1.54, 1.807) is 0 Å². The van der Waals surface area contributed by atoms with E-state index in [1.165, 1.54) is 12.1 Å². The standard InChI is InChI=1S/C12H14F4O2/c13-10-3-1-2-8(12(10)16)6-9(17)4-5-18-7-11(14)15/h1-3,9,11,17H,4-7H2. The van der Waals surface area contributed by atoms with Crippen LogP contribution in [0.2, 0.25) is 0 Å². The molecule has 1 unspecified atom stereocenters. The molecule has 6 heteroatoms. The number of aliphatic hydroxyl groups is 1. The number of hydrogen-bond donors (Lipinski definition) is 1. The fraction of sp³-hybridized carbons (Fsp3) is 0.500. The summed E-state index contributed by atoms with van der Waals surface area (Å²) in [5.74, 6) is -1.97. The van der Waals surface area contributed by atoms with Crippen molar-refractivity contribution in [3.05, 3.63) is 35.4 Å². The van der Waals surface area contributed by atoms with E-state index in [0.29, 0.717) is 0 Å². The SMILES string of the molecule is OC(CCOCC(F)F)Cc1cccc(F)c1F. The van der Waals surface area contributed by atoms with Crippen LogP contribution in [-0.4, -0.2) is 30.8 Å². The summed E-state index contributed by atoms with van der Waals surface area (Å²) in [7, 11) is 0. The average Bonchev–Trinajstić information content (AvgIpc) is 2.30. The zero-order valence-corrected chi connectivity index (χ0v) is 9.58. The Labute approximate surface area is 102 Å². The highest BCUT2D eigenvalue weighted by atomic mass is 19.3. The van der Waals surface area contributed by atoms with Crippen LogP contribution < -0.4 is 0 Å². The lowest BCUT2D eigenvalue weighted by Crippen LogP contribution is -2.16. The van der Waals surface area contributed by atoms with E-state index in [2.05, 4.69) is 4.74 Å². The van der Waals surface area contributed by atoms with Crippen LogP contribution in [0, 0.1) is 11.6 Å². The van der Waals surface area contributed by atoms with Crippen molar-refractivity contribution in [2.45, 2.75) is 25.4 Å². The zero-order chi connectivity index (χ0) is 13.5. The van der Waals surface area contributed by atoms with Gasteiger partial charge < -0.3 is 9.84 Å². The summed E-state index contributed by atoms with van der Waals surface area (Å²) < 4.78 is 54.1. The minimum Gasteiger partial charge on any atom is -0.393 e. The molecule has 0 bridgehead atoms. The summed E-state index contributed by atoms with van der Waals surface area (Å²) in [4.78, 5) is 0. The van der Waals surface area contributed by atoms with Gasteiger partial charge in [0.15, 0.2) is 11.6 Å². The number of hydrogen-bond acceptors (Lipinski definition) is 2. The second-order valence-corrected chi connectivity index (χ2v) is 3.83. The summed E-state index contributed by atoms with van der Waals surface area (Å²) in [6, 6.07) is 3.69. The predicted molar refractivity (Wildman–Crippen MR) is 57.5 cm³/mol. The maximum Gasteiger partial charge on any atom is 0.261 e. The molecule has 0 aliphatic carbocycles. The molecule has 1 atom stereocenters.